The maximum absolute atomic E-state index is 13.7. The van der Waals surface area contributed by atoms with E-state index < -0.39 is 5.82 Å². The Balaban J connectivity index is 1.74. The molecule has 1 saturated carbocycles. The molecule has 1 aromatic carbocycles. The lowest BCUT2D eigenvalue weighted by Gasteiger charge is -2.08. The fourth-order valence-corrected chi connectivity index (χ4v) is 3.18. The Bertz CT molecular complexity index is 662. The van der Waals surface area contributed by atoms with E-state index in [1.54, 1.807) is 6.07 Å². The number of halogens is 2. The first kappa shape index (κ1) is 14.4. The highest BCUT2D eigenvalue weighted by molar-refractivity contribution is 9.10. The summed E-state index contributed by atoms with van der Waals surface area (Å²) >= 11 is 3.26. The van der Waals surface area contributed by atoms with Gasteiger partial charge in [0, 0.05) is 10.7 Å². The summed E-state index contributed by atoms with van der Waals surface area (Å²) in [5.41, 5.74) is 0.811. The number of carbonyl (C=O) groups excluding carboxylic acids is 1. The first-order valence-electron chi connectivity index (χ1n) is 7.16. The molecular formula is C16H16BrFN2O. The lowest BCUT2D eigenvalue weighted by atomic mass is 10.1. The maximum atomic E-state index is 13.7. The highest BCUT2D eigenvalue weighted by atomic mass is 79.9. The molecule has 1 aliphatic carbocycles. The van der Waals surface area contributed by atoms with Gasteiger partial charge >= 0.3 is 0 Å². The number of carbonyl (C=O) groups is 1. The SMILES string of the molecule is O=C(Cc1ccn(C2CCCC2)n1)c1cc(Br)ccc1F. The van der Waals surface area contributed by atoms with Gasteiger partial charge in [-0.15, -0.1) is 0 Å². The van der Waals surface area contributed by atoms with Gasteiger partial charge in [0.05, 0.1) is 23.7 Å². The van der Waals surface area contributed by atoms with Crippen LogP contribution in [0.4, 0.5) is 4.39 Å². The monoisotopic (exact) mass is 350 g/mol. The number of aromatic nitrogens is 2. The van der Waals surface area contributed by atoms with Crippen molar-refractivity contribution < 1.29 is 9.18 Å². The molecule has 0 atom stereocenters. The van der Waals surface area contributed by atoms with Crippen molar-refractivity contribution >= 4 is 21.7 Å². The molecule has 0 unspecified atom stereocenters. The van der Waals surface area contributed by atoms with E-state index in [2.05, 4.69) is 21.0 Å². The third kappa shape index (κ3) is 3.23. The van der Waals surface area contributed by atoms with Crippen LogP contribution in [0.2, 0.25) is 0 Å². The summed E-state index contributed by atoms with van der Waals surface area (Å²) < 4.78 is 16.4. The minimum Gasteiger partial charge on any atom is -0.294 e. The average molecular weight is 351 g/mol. The van der Waals surface area contributed by atoms with Crippen molar-refractivity contribution in [3.05, 3.63) is 52.0 Å². The van der Waals surface area contributed by atoms with E-state index in [9.17, 15) is 9.18 Å². The van der Waals surface area contributed by atoms with Crippen LogP contribution in [-0.2, 0) is 6.42 Å². The predicted molar refractivity (Wildman–Crippen MR) is 81.9 cm³/mol. The van der Waals surface area contributed by atoms with E-state index in [1.165, 1.54) is 25.0 Å². The van der Waals surface area contributed by atoms with Crippen LogP contribution < -0.4 is 0 Å². The van der Waals surface area contributed by atoms with Crippen LogP contribution in [0.3, 0.4) is 0 Å². The molecule has 2 aromatic rings. The van der Waals surface area contributed by atoms with Crippen LogP contribution in [0.1, 0.15) is 47.8 Å². The van der Waals surface area contributed by atoms with Gasteiger partial charge in [-0.05, 0) is 37.1 Å². The minimum absolute atomic E-state index is 0.111. The van der Waals surface area contributed by atoms with Crippen LogP contribution in [0.5, 0.6) is 0 Å². The topological polar surface area (TPSA) is 34.9 Å². The molecule has 5 heteroatoms. The molecule has 3 nitrogen and oxygen atoms in total. The summed E-state index contributed by atoms with van der Waals surface area (Å²) in [6, 6.07) is 6.71. The molecule has 3 rings (SSSR count). The molecule has 0 spiro atoms. The van der Waals surface area contributed by atoms with E-state index in [0.717, 1.165) is 12.8 Å². The molecule has 0 N–H and O–H groups in total. The highest BCUT2D eigenvalue weighted by Gasteiger charge is 2.19. The van der Waals surface area contributed by atoms with Gasteiger partial charge < -0.3 is 0 Å². The summed E-state index contributed by atoms with van der Waals surface area (Å²) in [5, 5.41) is 4.47. The number of Topliss-reactive ketones (excluding diaryl/α,β-unsaturated/α-hetero) is 1. The van der Waals surface area contributed by atoms with Crippen LogP contribution in [-0.4, -0.2) is 15.6 Å². The van der Waals surface area contributed by atoms with Crippen molar-refractivity contribution in [1.82, 2.24) is 9.78 Å². The van der Waals surface area contributed by atoms with Gasteiger partial charge in [0.2, 0.25) is 0 Å². The second-order valence-electron chi connectivity index (χ2n) is 5.45. The van der Waals surface area contributed by atoms with E-state index in [-0.39, 0.29) is 17.8 Å². The number of hydrogen-bond donors (Lipinski definition) is 0. The minimum atomic E-state index is -0.488. The molecule has 110 valence electrons. The Morgan fingerprint density at radius 2 is 2.10 bits per heavy atom. The van der Waals surface area contributed by atoms with Crippen LogP contribution >= 0.6 is 15.9 Å². The molecule has 1 aliphatic rings. The lowest BCUT2D eigenvalue weighted by Crippen LogP contribution is -2.09. The summed E-state index contributed by atoms with van der Waals surface area (Å²) in [6.07, 6.45) is 6.83. The van der Waals surface area contributed by atoms with Crippen molar-refractivity contribution in [2.24, 2.45) is 0 Å². The largest absolute Gasteiger partial charge is 0.294 e. The first-order valence-corrected chi connectivity index (χ1v) is 7.95. The number of benzene rings is 1. The van der Waals surface area contributed by atoms with Crippen LogP contribution in [0.15, 0.2) is 34.9 Å². The zero-order chi connectivity index (χ0) is 14.8. The van der Waals surface area contributed by atoms with Gasteiger partial charge in [0.15, 0.2) is 5.78 Å². The second-order valence-corrected chi connectivity index (χ2v) is 6.37. The molecule has 0 saturated heterocycles. The quantitative estimate of drug-likeness (QED) is 0.769. The highest BCUT2D eigenvalue weighted by Crippen LogP contribution is 2.28. The van der Waals surface area contributed by atoms with Crippen molar-refractivity contribution in [1.29, 1.82) is 0 Å². The van der Waals surface area contributed by atoms with Crippen LogP contribution in [0.25, 0.3) is 0 Å². The fourth-order valence-electron chi connectivity index (χ4n) is 2.81. The van der Waals surface area contributed by atoms with Gasteiger partial charge in [-0.1, -0.05) is 28.8 Å². The normalized spacial score (nSPS) is 15.5. The van der Waals surface area contributed by atoms with E-state index in [4.69, 9.17) is 0 Å². The third-order valence-electron chi connectivity index (χ3n) is 3.93. The molecule has 0 radical (unpaired) electrons. The summed E-state index contributed by atoms with van der Waals surface area (Å²) in [4.78, 5) is 12.2. The van der Waals surface area contributed by atoms with Gasteiger partial charge in [-0.25, -0.2) is 4.39 Å². The molecule has 0 bridgehead atoms. The second kappa shape index (κ2) is 6.10. The average Bonchev–Trinajstić information content (AvgIpc) is 3.11. The first-order chi connectivity index (χ1) is 10.1. The molecule has 1 aromatic heterocycles. The van der Waals surface area contributed by atoms with Crippen molar-refractivity contribution in [3.63, 3.8) is 0 Å². The number of hydrogen-bond acceptors (Lipinski definition) is 2. The maximum Gasteiger partial charge on any atom is 0.171 e. The van der Waals surface area contributed by atoms with Gasteiger partial charge in [-0.3, -0.25) is 9.48 Å². The van der Waals surface area contributed by atoms with Gasteiger partial charge in [0.25, 0.3) is 0 Å². The molecule has 0 aliphatic heterocycles. The van der Waals surface area contributed by atoms with Gasteiger partial charge in [-0.2, -0.15) is 5.10 Å². The Hall–Kier alpha value is -1.49. The molecule has 21 heavy (non-hydrogen) atoms. The Morgan fingerprint density at radius 1 is 1.33 bits per heavy atom. The smallest absolute Gasteiger partial charge is 0.171 e. The van der Waals surface area contributed by atoms with Crippen molar-refractivity contribution in [2.75, 3.05) is 0 Å². The van der Waals surface area contributed by atoms with Crippen LogP contribution in [0, 0.1) is 5.82 Å². The zero-order valence-corrected chi connectivity index (χ0v) is 13.1. The molecule has 1 heterocycles. The van der Waals surface area contributed by atoms with E-state index in [1.807, 2.05) is 16.9 Å². The standard InChI is InChI=1S/C16H16BrFN2O/c17-11-5-6-15(18)14(9-11)16(21)10-12-7-8-20(19-12)13-3-1-2-4-13/h5-9,13H,1-4,10H2. The molecule has 0 amide bonds. The Morgan fingerprint density at radius 3 is 2.86 bits per heavy atom. The predicted octanol–water partition coefficient (Wildman–Crippen LogP) is 4.33. The lowest BCUT2D eigenvalue weighted by molar-refractivity contribution is 0.0987. The molecule has 1 fully saturated rings. The Kier molecular flexibility index (Phi) is 4.19. The summed E-state index contributed by atoms with van der Waals surface area (Å²) in [6.45, 7) is 0. The van der Waals surface area contributed by atoms with Crippen molar-refractivity contribution in [2.45, 2.75) is 38.1 Å². The number of ketones is 1. The number of rotatable bonds is 4. The summed E-state index contributed by atoms with van der Waals surface area (Å²) in [5.74, 6) is -0.733. The Labute approximate surface area is 131 Å². The van der Waals surface area contributed by atoms with E-state index >= 15 is 0 Å². The number of nitrogens with zero attached hydrogens (tertiary/aromatic N) is 2. The third-order valence-corrected chi connectivity index (χ3v) is 4.43. The zero-order valence-electron chi connectivity index (χ0n) is 11.6. The van der Waals surface area contributed by atoms with E-state index in [0.29, 0.717) is 16.2 Å². The summed E-state index contributed by atoms with van der Waals surface area (Å²) in [7, 11) is 0. The molecular weight excluding hydrogens is 335 g/mol. The van der Waals surface area contributed by atoms with Gasteiger partial charge in [0.1, 0.15) is 5.82 Å². The fraction of sp³-hybridized carbons (Fsp3) is 0.375. The van der Waals surface area contributed by atoms with Crippen molar-refractivity contribution in [3.8, 4) is 0 Å².